The van der Waals surface area contributed by atoms with Crippen LogP contribution in [0, 0.1) is 0 Å². The van der Waals surface area contributed by atoms with E-state index >= 15 is 0 Å². The van der Waals surface area contributed by atoms with E-state index in [2.05, 4.69) is 79.8 Å². The van der Waals surface area contributed by atoms with Crippen LogP contribution in [0.25, 0.3) is 44.7 Å². The van der Waals surface area contributed by atoms with Crippen LogP contribution in [0.3, 0.4) is 0 Å². The molecule has 2 aromatic carbocycles. The van der Waals surface area contributed by atoms with Crippen LogP contribution in [0.2, 0.25) is 0 Å². The van der Waals surface area contributed by atoms with Gasteiger partial charge in [0.1, 0.15) is 16.0 Å². The first-order valence-electron chi connectivity index (χ1n) is 18.6. The summed E-state index contributed by atoms with van der Waals surface area (Å²) in [5, 5.41) is 11.0. The molecule has 0 unspecified atom stereocenters. The third-order valence-electron chi connectivity index (χ3n) is 9.91. The molecule has 0 aliphatic carbocycles. The molecule has 0 bridgehead atoms. The van der Waals surface area contributed by atoms with Gasteiger partial charge in [-0.3, -0.25) is 9.59 Å². The zero-order valence-electron chi connectivity index (χ0n) is 32.9. The first kappa shape index (κ1) is 40.0. The Hall–Kier alpha value is -6.22. The zero-order valence-corrected chi connectivity index (χ0v) is 34.5. The Morgan fingerprint density at radius 3 is 1.67 bits per heavy atom. The summed E-state index contributed by atoms with van der Waals surface area (Å²) in [5.41, 5.74) is 4.87. The minimum Gasteiger partial charge on any atom is -0.399 e. The number of pyridine rings is 4. The van der Waals surface area contributed by atoms with Crippen molar-refractivity contribution in [2.24, 2.45) is 0 Å². The second-order valence-corrected chi connectivity index (χ2v) is 15.3. The van der Waals surface area contributed by atoms with Gasteiger partial charge in [0.15, 0.2) is 23.2 Å². The lowest BCUT2D eigenvalue weighted by atomic mass is 9.79. The van der Waals surface area contributed by atoms with Crippen LogP contribution in [0.15, 0.2) is 139 Å². The van der Waals surface area contributed by atoms with Crippen molar-refractivity contribution in [3.05, 3.63) is 150 Å². The zero-order chi connectivity index (χ0) is 41.0. The van der Waals surface area contributed by atoms with Crippen LogP contribution in [0.4, 0.5) is 0 Å². The Balaban J connectivity index is 0.000000144. The highest BCUT2D eigenvalue weighted by molar-refractivity contribution is 9.10. The molecule has 0 amide bonds. The monoisotopic (exact) mass is 834 g/mol. The van der Waals surface area contributed by atoms with Crippen molar-refractivity contribution in [2.75, 3.05) is 0 Å². The van der Waals surface area contributed by atoms with Gasteiger partial charge in [-0.25, -0.2) is 29.3 Å². The molecule has 12 nitrogen and oxygen atoms in total. The van der Waals surface area contributed by atoms with E-state index in [1.807, 2.05) is 95.9 Å². The number of benzene rings is 2. The van der Waals surface area contributed by atoms with Crippen molar-refractivity contribution >= 4 is 61.9 Å². The number of rotatable bonds is 6. The summed E-state index contributed by atoms with van der Waals surface area (Å²) in [7, 11) is -0.383. The minimum atomic E-state index is -0.383. The summed E-state index contributed by atoms with van der Waals surface area (Å²) in [6.45, 7) is 11.3. The van der Waals surface area contributed by atoms with Gasteiger partial charge in [-0.2, -0.15) is 10.2 Å². The largest absolute Gasteiger partial charge is 0.494 e. The molecule has 8 aromatic rings. The average molecular weight is 836 g/mol. The first-order chi connectivity index (χ1) is 27.8. The van der Waals surface area contributed by atoms with Crippen molar-refractivity contribution < 1.29 is 18.9 Å². The van der Waals surface area contributed by atoms with Crippen molar-refractivity contribution in [3.63, 3.8) is 0 Å². The summed E-state index contributed by atoms with van der Waals surface area (Å²) in [4.78, 5) is 39.4. The molecular weight excluding hydrogens is 795 g/mol. The lowest BCUT2D eigenvalue weighted by molar-refractivity contribution is 0.00578. The van der Waals surface area contributed by atoms with Crippen molar-refractivity contribution in [1.29, 1.82) is 0 Å². The highest BCUT2D eigenvalue weighted by Gasteiger charge is 2.51. The lowest BCUT2D eigenvalue weighted by Gasteiger charge is -2.32. The number of Topliss-reactive ketones (excluding diaryl/α,β-unsaturated/α-hetero) is 2. The number of nitrogens with zero attached hydrogens (tertiary/aromatic N) is 8. The number of aromatic nitrogens is 8. The fourth-order valence-electron chi connectivity index (χ4n) is 6.06. The molecule has 290 valence electrons. The van der Waals surface area contributed by atoms with Crippen molar-refractivity contribution in [1.82, 2.24) is 39.5 Å². The van der Waals surface area contributed by atoms with Crippen LogP contribution in [0.1, 0.15) is 62.5 Å². The van der Waals surface area contributed by atoms with E-state index in [0.717, 1.165) is 50.2 Å². The molecule has 6 aromatic heterocycles. The quantitative estimate of drug-likeness (QED) is 0.0911. The third kappa shape index (κ3) is 8.69. The van der Waals surface area contributed by atoms with Gasteiger partial charge >= 0.3 is 7.12 Å². The highest BCUT2D eigenvalue weighted by atomic mass is 79.9. The molecular formula is C44H40BBrN8O4. The topological polar surface area (TPSA) is 140 Å². The van der Waals surface area contributed by atoms with Gasteiger partial charge in [0.05, 0.1) is 40.3 Å². The van der Waals surface area contributed by atoms with E-state index < -0.39 is 0 Å². The molecule has 1 fully saturated rings. The molecule has 14 heteroatoms. The first-order valence-corrected chi connectivity index (χ1v) is 19.3. The van der Waals surface area contributed by atoms with E-state index in [1.165, 1.54) is 13.8 Å². The van der Waals surface area contributed by atoms with E-state index in [-0.39, 0.29) is 29.9 Å². The molecule has 0 saturated carbocycles. The maximum absolute atomic E-state index is 11.6. The summed E-state index contributed by atoms with van der Waals surface area (Å²) >= 11 is 3.17. The number of fused-ring (bicyclic) bond motifs is 2. The maximum Gasteiger partial charge on any atom is 0.494 e. The van der Waals surface area contributed by atoms with Crippen molar-refractivity contribution in [3.8, 4) is 22.9 Å². The molecule has 58 heavy (non-hydrogen) atoms. The smallest absolute Gasteiger partial charge is 0.399 e. The van der Waals surface area contributed by atoms with Gasteiger partial charge in [-0.05, 0) is 110 Å². The van der Waals surface area contributed by atoms with Crippen molar-refractivity contribution in [2.45, 2.75) is 52.7 Å². The fraction of sp³-hybridized carbons (Fsp3) is 0.182. The van der Waals surface area contributed by atoms with Gasteiger partial charge in [0, 0.05) is 42.6 Å². The van der Waals surface area contributed by atoms with Crippen LogP contribution >= 0.6 is 15.9 Å². The van der Waals surface area contributed by atoms with Gasteiger partial charge in [0.2, 0.25) is 0 Å². The molecule has 0 spiro atoms. The molecule has 9 rings (SSSR count). The lowest BCUT2D eigenvalue weighted by Crippen LogP contribution is -2.41. The van der Waals surface area contributed by atoms with Crippen LogP contribution in [0.5, 0.6) is 0 Å². The van der Waals surface area contributed by atoms with E-state index in [0.29, 0.717) is 16.0 Å². The Labute approximate surface area is 344 Å². The summed E-state index contributed by atoms with van der Waals surface area (Å²) in [6.07, 6.45) is 7.16. The third-order valence-corrected chi connectivity index (χ3v) is 10.3. The van der Waals surface area contributed by atoms with Gasteiger partial charge in [-0.15, -0.1) is 0 Å². The van der Waals surface area contributed by atoms with Gasteiger partial charge in [0.25, 0.3) is 0 Å². The maximum atomic E-state index is 11.6. The molecule has 1 aliphatic heterocycles. The van der Waals surface area contributed by atoms with E-state index in [1.54, 1.807) is 41.3 Å². The van der Waals surface area contributed by atoms with E-state index in [4.69, 9.17) is 9.31 Å². The second kappa shape index (κ2) is 16.7. The average Bonchev–Trinajstić information content (AvgIpc) is 3.91. The standard InChI is InChI=1S/C19H14N4O.C18H20BN3O2.C7H6BrNO/c1-13(24)16-5-4-6-17(22-16)14-8-9-15-12-21-23(18(15)11-14)19-7-2-3-10-20-19;1-17(2)18(3,4)24-19(23-17)14-9-8-13-12-21-22(15(13)11-14)16-7-5-6-10-20-16;1-5(10)6-3-2-4-7(8)9-6/h2-12H,1H3;5-12H,1-4H3;2-4H,1H3. The number of hydrogen-bond donors (Lipinski definition) is 0. The highest BCUT2D eigenvalue weighted by Crippen LogP contribution is 2.36. The molecule has 0 N–H and O–H groups in total. The predicted molar refractivity (Wildman–Crippen MR) is 229 cm³/mol. The second-order valence-electron chi connectivity index (χ2n) is 14.5. The molecule has 7 heterocycles. The Bertz CT molecular complexity index is 2720. The molecule has 0 atom stereocenters. The minimum absolute atomic E-state index is 0.0127. The van der Waals surface area contributed by atoms with Gasteiger partial charge < -0.3 is 9.31 Å². The molecule has 0 radical (unpaired) electrons. The number of halogens is 1. The normalized spacial score (nSPS) is 14.0. The molecule has 1 aliphatic rings. The van der Waals surface area contributed by atoms with Crippen LogP contribution < -0.4 is 5.46 Å². The number of carbonyl (C=O) groups is 2. The van der Waals surface area contributed by atoms with E-state index in [9.17, 15) is 9.59 Å². The summed E-state index contributed by atoms with van der Waals surface area (Å²) in [6, 6.07) is 34.4. The summed E-state index contributed by atoms with van der Waals surface area (Å²) < 4.78 is 16.6. The number of ketones is 2. The fourth-order valence-corrected chi connectivity index (χ4v) is 6.40. The number of carbonyl (C=O) groups excluding carboxylic acids is 2. The van der Waals surface area contributed by atoms with Crippen LogP contribution in [-0.2, 0) is 9.31 Å². The Morgan fingerprint density at radius 1 is 0.621 bits per heavy atom. The SMILES string of the molecule is CC(=O)c1cccc(-c2ccc3cnn(-c4ccccn4)c3c2)n1.CC(=O)c1cccc(Br)n1.CC1(C)OB(c2ccc3cnn(-c4ccccn4)c3c2)OC1(C)C. The van der Waals surface area contributed by atoms with Crippen LogP contribution in [-0.4, -0.2) is 69.4 Å². The van der Waals surface area contributed by atoms with Gasteiger partial charge in [-0.1, -0.05) is 48.5 Å². The predicted octanol–water partition coefficient (Wildman–Crippen LogP) is 8.45. The Kier molecular flexibility index (Phi) is 11.5. The number of hydrogen-bond acceptors (Lipinski definition) is 10. The summed E-state index contributed by atoms with van der Waals surface area (Å²) in [5.74, 6) is 1.49. The Morgan fingerprint density at radius 2 is 1.16 bits per heavy atom. The molecule has 1 saturated heterocycles.